The third-order valence-electron chi connectivity index (χ3n) is 3.60. The smallest absolute Gasteiger partial charge is 0.0482 e. The summed E-state index contributed by atoms with van der Waals surface area (Å²) in [6, 6.07) is 4.51. The van der Waals surface area contributed by atoms with Gasteiger partial charge in [-0.15, -0.1) is 0 Å². The fourth-order valence-electron chi connectivity index (χ4n) is 2.59. The van der Waals surface area contributed by atoms with Gasteiger partial charge in [-0.3, -0.25) is 4.98 Å². The van der Waals surface area contributed by atoms with Gasteiger partial charge in [0.25, 0.3) is 0 Å². The van der Waals surface area contributed by atoms with E-state index in [1.54, 1.807) is 0 Å². The lowest BCUT2D eigenvalue weighted by Crippen LogP contribution is -2.28. The lowest BCUT2D eigenvalue weighted by Gasteiger charge is -2.20. The maximum absolute atomic E-state index is 6.30. The van der Waals surface area contributed by atoms with Gasteiger partial charge < -0.3 is 5.73 Å². The monoisotopic (exact) mass is 218 g/mol. The third-order valence-corrected chi connectivity index (χ3v) is 3.60. The molecule has 1 aliphatic rings. The number of hydrogen-bond acceptors (Lipinski definition) is 2. The van der Waals surface area contributed by atoms with Crippen LogP contribution >= 0.6 is 0 Å². The first-order valence-electron chi connectivity index (χ1n) is 6.38. The first kappa shape index (κ1) is 11.6. The summed E-state index contributed by atoms with van der Waals surface area (Å²) in [5.41, 5.74) is 8.97. The Labute approximate surface area is 98.3 Å². The van der Waals surface area contributed by atoms with Gasteiger partial charge in [-0.1, -0.05) is 19.9 Å². The molecule has 0 amide bonds. The third kappa shape index (κ3) is 2.43. The van der Waals surface area contributed by atoms with Gasteiger partial charge in [-0.05, 0) is 43.2 Å². The number of hydrogen-bond donors (Lipinski definition) is 1. The maximum Gasteiger partial charge on any atom is 0.0482 e. The van der Waals surface area contributed by atoms with E-state index in [2.05, 4.69) is 24.9 Å². The Hall–Kier alpha value is -0.890. The van der Waals surface area contributed by atoms with Crippen LogP contribution in [-0.4, -0.2) is 11.0 Å². The van der Waals surface area contributed by atoms with Gasteiger partial charge in [-0.2, -0.15) is 0 Å². The van der Waals surface area contributed by atoms with Crippen molar-refractivity contribution in [2.24, 2.45) is 11.7 Å². The average molecular weight is 218 g/mol. The highest BCUT2D eigenvalue weighted by Gasteiger charge is 2.28. The van der Waals surface area contributed by atoms with Crippen molar-refractivity contribution in [3.05, 3.63) is 29.6 Å². The van der Waals surface area contributed by atoms with Gasteiger partial charge in [0, 0.05) is 23.9 Å². The van der Waals surface area contributed by atoms with Gasteiger partial charge >= 0.3 is 0 Å². The van der Waals surface area contributed by atoms with E-state index in [9.17, 15) is 0 Å². The summed E-state index contributed by atoms with van der Waals surface area (Å²) in [5, 5.41) is 0. The van der Waals surface area contributed by atoms with Crippen molar-refractivity contribution in [1.29, 1.82) is 0 Å². The summed E-state index contributed by atoms with van der Waals surface area (Å²) in [7, 11) is 0. The summed E-state index contributed by atoms with van der Waals surface area (Å²) < 4.78 is 0. The second-order valence-corrected chi connectivity index (χ2v) is 5.33. The number of nitrogens with two attached hydrogens (primary N) is 1. The first-order valence-corrected chi connectivity index (χ1v) is 6.38. The molecule has 2 atom stereocenters. The largest absolute Gasteiger partial charge is 0.327 e. The van der Waals surface area contributed by atoms with Crippen molar-refractivity contribution in [3.63, 3.8) is 0 Å². The summed E-state index contributed by atoms with van der Waals surface area (Å²) in [5.74, 6) is 1.24. The summed E-state index contributed by atoms with van der Waals surface area (Å²) in [6.07, 6.45) is 6.58. The molecule has 1 aliphatic carbocycles. The van der Waals surface area contributed by atoms with Gasteiger partial charge in [0.1, 0.15) is 0 Å². The van der Waals surface area contributed by atoms with E-state index in [-0.39, 0.29) is 0 Å². The Bertz CT molecular complexity index is 346. The summed E-state index contributed by atoms with van der Waals surface area (Å²) in [4.78, 5) is 4.51. The molecule has 0 aliphatic heterocycles. The van der Waals surface area contributed by atoms with Crippen molar-refractivity contribution in [1.82, 2.24) is 4.98 Å². The minimum Gasteiger partial charge on any atom is -0.327 e. The van der Waals surface area contributed by atoms with Crippen LogP contribution in [0.4, 0.5) is 0 Å². The molecule has 2 unspecified atom stereocenters. The minimum atomic E-state index is 0.290. The van der Waals surface area contributed by atoms with Crippen LogP contribution in [0.1, 0.15) is 50.3 Å². The van der Waals surface area contributed by atoms with E-state index in [0.29, 0.717) is 12.0 Å². The van der Waals surface area contributed by atoms with Gasteiger partial charge in [-0.25, -0.2) is 0 Å². The Morgan fingerprint density at radius 3 is 3.00 bits per heavy atom. The van der Waals surface area contributed by atoms with E-state index < -0.39 is 0 Å². The van der Waals surface area contributed by atoms with E-state index in [1.165, 1.54) is 24.1 Å². The maximum atomic E-state index is 6.30. The number of aromatic nitrogens is 1. The zero-order valence-corrected chi connectivity index (χ0v) is 10.3. The van der Waals surface area contributed by atoms with Crippen LogP contribution in [-0.2, 0) is 6.42 Å². The predicted molar refractivity (Wildman–Crippen MR) is 67.3 cm³/mol. The minimum absolute atomic E-state index is 0.290. The quantitative estimate of drug-likeness (QED) is 0.844. The van der Waals surface area contributed by atoms with Crippen LogP contribution in [0.25, 0.3) is 0 Å². The number of aryl methyl sites for hydroxylation is 1. The first-order chi connectivity index (χ1) is 7.68. The second-order valence-electron chi connectivity index (χ2n) is 5.33. The topological polar surface area (TPSA) is 38.9 Å². The summed E-state index contributed by atoms with van der Waals surface area (Å²) in [6.45, 7) is 4.52. The molecule has 16 heavy (non-hydrogen) atoms. The van der Waals surface area contributed by atoms with Gasteiger partial charge in [0.05, 0.1) is 0 Å². The van der Waals surface area contributed by atoms with E-state index in [1.807, 2.05) is 12.3 Å². The molecule has 2 heteroatoms. The molecule has 0 saturated carbocycles. The molecule has 0 spiro atoms. The van der Waals surface area contributed by atoms with Crippen LogP contribution in [0.15, 0.2) is 18.3 Å². The molecule has 0 bridgehead atoms. The molecule has 1 aromatic rings. The molecule has 0 aromatic carbocycles. The number of nitrogens with zero attached hydrogens (tertiary/aromatic N) is 1. The highest BCUT2D eigenvalue weighted by atomic mass is 14.7. The molecule has 1 aromatic heterocycles. The Morgan fingerprint density at radius 1 is 1.44 bits per heavy atom. The Kier molecular flexibility index (Phi) is 3.59. The standard InChI is InChI=1S/C14H22N2/c1-10(2)5-8-13(15)12-7-6-11-4-3-9-16-14(11)12/h3-4,9-10,12-13H,5-8,15H2,1-2H3. The van der Waals surface area contributed by atoms with Crippen LogP contribution in [0.3, 0.4) is 0 Å². The van der Waals surface area contributed by atoms with Gasteiger partial charge in [0.2, 0.25) is 0 Å². The molecule has 2 rings (SSSR count). The number of pyridine rings is 1. The Morgan fingerprint density at radius 2 is 2.25 bits per heavy atom. The molecule has 88 valence electrons. The lowest BCUT2D eigenvalue weighted by molar-refractivity contribution is 0.437. The van der Waals surface area contributed by atoms with Crippen LogP contribution in [0.2, 0.25) is 0 Å². The highest BCUT2D eigenvalue weighted by Crippen LogP contribution is 2.34. The molecule has 0 fully saturated rings. The fraction of sp³-hybridized carbons (Fsp3) is 0.643. The van der Waals surface area contributed by atoms with Crippen molar-refractivity contribution >= 4 is 0 Å². The normalized spacial score (nSPS) is 21.1. The predicted octanol–water partition coefficient (Wildman–Crippen LogP) is 2.87. The number of fused-ring (bicyclic) bond motifs is 1. The van der Waals surface area contributed by atoms with Gasteiger partial charge in [0.15, 0.2) is 0 Å². The zero-order chi connectivity index (χ0) is 11.5. The molecular formula is C14H22N2. The van der Waals surface area contributed by atoms with Crippen molar-refractivity contribution in [2.75, 3.05) is 0 Å². The van der Waals surface area contributed by atoms with Crippen LogP contribution in [0.5, 0.6) is 0 Å². The molecule has 1 heterocycles. The summed E-state index contributed by atoms with van der Waals surface area (Å²) >= 11 is 0. The Balaban J connectivity index is 2.01. The van der Waals surface area contributed by atoms with Crippen molar-refractivity contribution in [2.45, 2.75) is 51.5 Å². The molecule has 2 N–H and O–H groups in total. The number of rotatable bonds is 4. The van der Waals surface area contributed by atoms with Crippen molar-refractivity contribution in [3.8, 4) is 0 Å². The van der Waals surface area contributed by atoms with E-state index >= 15 is 0 Å². The second kappa shape index (κ2) is 4.96. The molecule has 0 radical (unpaired) electrons. The molecule has 2 nitrogen and oxygen atoms in total. The lowest BCUT2D eigenvalue weighted by atomic mass is 9.91. The molecular weight excluding hydrogens is 196 g/mol. The zero-order valence-electron chi connectivity index (χ0n) is 10.3. The SMILES string of the molecule is CC(C)CCC(N)C1CCc2cccnc21. The van der Waals surface area contributed by atoms with Crippen LogP contribution in [0, 0.1) is 5.92 Å². The fourth-order valence-corrected chi connectivity index (χ4v) is 2.59. The van der Waals surface area contributed by atoms with E-state index in [0.717, 1.165) is 18.8 Å². The highest BCUT2D eigenvalue weighted by molar-refractivity contribution is 5.29. The molecule has 0 saturated heterocycles. The van der Waals surface area contributed by atoms with E-state index in [4.69, 9.17) is 5.73 Å². The van der Waals surface area contributed by atoms with Crippen molar-refractivity contribution < 1.29 is 0 Å². The average Bonchev–Trinajstić information content (AvgIpc) is 2.69. The van der Waals surface area contributed by atoms with Crippen LogP contribution < -0.4 is 5.73 Å².